The highest BCUT2D eigenvalue weighted by atomic mass is 16.5. The van der Waals surface area contributed by atoms with E-state index in [2.05, 4.69) is 15.5 Å². The van der Waals surface area contributed by atoms with Crippen molar-refractivity contribution < 1.29 is 9.32 Å². The summed E-state index contributed by atoms with van der Waals surface area (Å²) in [6, 6.07) is 10.0. The standard InChI is InChI=1S/C25H29N5O2/c1-15-12-21(32-29-15)20-14-27-25(30(2)3)28-23(20)17-10-8-16(9-11-17)13-26-24(31)22-18-6-4-5-7-19(18)22/h8-12,14,18-19,22H,4-7,13H2,1-3H3,(H,26,31)/t18-,19-/m0/s1. The molecule has 0 unspecified atom stereocenters. The largest absolute Gasteiger partial charge is 0.356 e. The predicted molar refractivity (Wildman–Crippen MR) is 123 cm³/mol. The molecule has 5 rings (SSSR count). The smallest absolute Gasteiger partial charge is 0.225 e. The van der Waals surface area contributed by atoms with E-state index < -0.39 is 0 Å². The molecule has 0 spiro atoms. The number of aryl methyl sites for hydroxylation is 1. The summed E-state index contributed by atoms with van der Waals surface area (Å²) in [6.45, 7) is 2.44. The second-order valence-electron chi connectivity index (χ2n) is 9.21. The number of anilines is 1. The van der Waals surface area contributed by atoms with Gasteiger partial charge in [0, 0.05) is 44.4 Å². The van der Waals surface area contributed by atoms with Gasteiger partial charge in [-0.15, -0.1) is 0 Å². The van der Waals surface area contributed by atoms with Crippen LogP contribution in [0.3, 0.4) is 0 Å². The highest BCUT2D eigenvalue weighted by Crippen LogP contribution is 2.55. The SMILES string of the molecule is Cc1cc(-c2cnc(N(C)C)nc2-c2ccc(CNC(=O)C3[C@H]4CCCC[C@H]34)cc2)on1. The second-order valence-corrected chi connectivity index (χ2v) is 9.21. The fraction of sp³-hybridized carbons (Fsp3) is 0.440. The number of fused-ring (bicyclic) bond motifs is 1. The number of benzene rings is 1. The number of amides is 1. The van der Waals surface area contributed by atoms with Crippen LogP contribution in [0, 0.1) is 24.7 Å². The third kappa shape index (κ3) is 3.99. The van der Waals surface area contributed by atoms with Gasteiger partial charge in [0.2, 0.25) is 11.9 Å². The summed E-state index contributed by atoms with van der Waals surface area (Å²) in [7, 11) is 3.83. The van der Waals surface area contributed by atoms with Crippen molar-refractivity contribution in [3.05, 3.63) is 47.8 Å². The fourth-order valence-corrected chi connectivity index (χ4v) is 4.95. The zero-order chi connectivity index (χ0) is 22.2. The molecule has 0 bridgehead atoms. The van der Waals surface area contributed by atoms with Gasteiger partial charge >= 0.3 is 0 Å². The van der Waals surface area contributed by atoms with Gasteiger partial charge < -0.3 is 14.7 Å². The molecule has 7 nitrogen and oxygen atoms in total. The second kappa shape index (κ2) is 8.37. The molecule has 0 saturated heterocycles. The molecule has 0 radical (unpaired) electrons. The van der Waals surface area contributed by atoms with E-state index >= 15 is 0 Å². The quantitative estimate of drug-likeness (QED) is 0.629. The zero-order valence-corrected chi connectivity index (χ0v) is 18.8. The van der Waals surface area contributed by atoms with Crippen LogP contribution in [0.25, 0.3) is 22.6 Å². The molecule has 2 fully saturated rings. The average Bonchev–Trinajstić information content (AvgIpc) is 3.39. The molecule has 166 valence electrons. The van der Waals surface area contributed by atoms with E-state index in [0.29, 0.717) is 30.1 Å². The van der Waals surface area contributed by atoms with Gasteiger partial charge in [0.15, 0.2) is 5.76 Å². The molecule has 2 saturated carbocycles. The molecular weight excluding hydrogens is 402 g/mol. The molecule has 7 heteroatoms. The number of nitrogens with one attached hydrogen (secondary N) is 1. The van der Waals surface area contributed by atoms with E-state index in [4.69, 9.17) is 9.51 Å². The molecule has 1 aromatic carbocycles. The molecule has 2 heterocycles. The van der Waals surface area contributed by atoms with Gasteiger partial charge in [-0.3, -0.25) is 4.79 Å². The average molecular weight is 432 g/mol. The fourth-order valence-electron chi connectivity index (χ4n) is 4.95. The Labute approximate surface area is 188 Å². The van der Waals surface area contributed by atoms with Crippen molar-refractivity contribution in [3.63, 3.8) is 0 Å². The number of nitrogens with zero attached hydrogens (tertiary/aromatic N) is 4. The Morgan fingerprint density at radius 3 is 2.50 bits per heavy atom. The van der Waals surface area contributed by atoms with Crippen LogP contribution in [-0.4, -0.2) is 35.1 Å². The van der Waals surface area contributed by atoms with Crippen LogP contribution >= 0.6 is 0 Å². The minimum Gasteiger partial charge on any atom is -0.356 e. The van der Waals surface area contributed by atoms with Crippen molar-refractivity contribution in [1.29, 1.82) is 0 Å². The van der Waals surface area contributed by atoms with Gasteiger partial charge in [0.05, 0.1) is 17.0 Å². The van der Waals surface area contributed by atoms with Crippen LogP contribution in [0.1, 0.15) is 36.9 Å². The van der Waals surface area contributed by atoms with Gasteiger partial charge in [0.1, 0.15) is 0 Å². The Bertz CT molecular complexity index is 1110. The number of hydrogen-bond acceptors (Lipinski definition) is 6. The van der Waals surface area contributed by atoms with Crippen molar-refractivity contribution in [2.75, 3.05) is 19.0 Å². The summed E-state index contributed by atoms with van der Waals surface area (Å²) in [5, 5.41) is 7.15. The summed E-state index contributed by atoms with van der Waals surface area (Å²) in [5.74, 6) is 3.00. The van der Waals surface area contributed by atoms with Crippen LogP contribution in [0.5, 0.6) is 0 Å². The first-order valence-corrected chi connectivity index (χ1v) is 11.4. The van der Waals surface area contributed by atoms with Crippen LogP contribution in [0.2, 0.25) is 0 Å². The van der Waals surface area contributed by atoms with E-state index in [9.17, 15) is 4.79 Å². The predicted octanol–water partition coefficient (Wildman–Crippen LogP) is 4.23. The summed E-state index contributed by atoms with van der Waals surface area (Å²) in [5.41, 5.74) is 4.43. The molecule has 3 aromatic rings. The third-order valence-corrected chi connectivity index (χ3v) is 6.72. The highest BCUT2D eigenvalue weighted by Gasteiger charge is 2.54. The zero-order valence-electron chi connectivity index (χ0n) is 18.8. The molecule has 0 aliphatic heterocycles. The monoisotopic (exact) mass is 431 g/mol. The molecule has 32 heavy (non-hydrogen) atoms. The lowest BCUT2D eigenvalue weighted by molar-refractivity contribution is -0.123. The van der Waals surface area contributed by atoms with Crippen LogP contribution in [0.15, 0.2) is 41.1 Å². The van der Waals surface area contributed by atoms with Crippen LogP contribution in [0.4, 0.5) is 5.95 Å². The molecule has 2 atom stereocenters. The minimum absolute atomic E-state index is 0.223. The summed E-state index contributed by atoms with van der Waals surface area (Å²) in [4.78, 5) is 23.7. The van der Waals surface area contributed by atoms with Gasteiger partial charge in [0.25, 0.3) is 0 Å². The lowest BCUT2D eigenvalue weighted by Gasteiger charge is -2.14. The number of aromatic nitrogens is 3. The van der Waals surface area contributed by atoms with E-state index in [1.807, 2.05) is 56.3 Å². The Balaban J connectivity index is 1.33. The maximum Gasteiger partial charge on any atom is 0.225 e. The summed E-state index contributed by atoms with van der Waals surface area (Å²) >= 11 is 0. The van der Waals surface area contributed by atoms with E-state index in [-0.39, 0.29) is 11.8 Å². The number of rotatable bonds is 6. The third-order valence-electron chi connectivity index (χ3n) is 6.72. The van der Waals surface area contributed by atoms with Gasteiger partial charge in [-0.1, -0.05) is 42.3 Å². The molecule has 1 amide bonds. The lowest BCUT2D eigenvalue weighted by Crippen LogP contribution is -2.25. The first-order valence-electron chi connectivity index (χ1n) is 11.4. The first-order chi connectivity index (χ1) is 15.5. The van der Waals surface area contributed by atoms with E-state index in [1.165, 1.54) is 25.7 Å². The lowest BCUT2D eigenvalue weighted by atomic mass is 10.0. The Morgan fingerprint density at radius 2 is 1.88 bits per heavy atom. The van der Waals surface area contributed by atoms with Crippen LogP contribution < -0.4 is 10.2 Å². The van der Waals surface area contributed by atoms with Crippen molar-refractivity contribution in [2.24, 2.45) is 17.8 Å². The molecular formula is C25H29N5O2. The van der Waals surface area contributed by atoms with Gasteiger partial charge in [-0.05, 0) is 37.2 Å². The summed E-state index contributed by atoms with van der Waals surface area (Å²) < 4.78 is 5.48. The first kappa shape index (κ1) is 20.7. The highest BCUT2D eigenvalue weighted by molar-refractivity contribution is 5.82. The topological polar surface area (TPSA) is 84.2 Å². The van der Waals surface area contributed by atoms with Crippen molar-refractivity contribution in [3.8, 4) is 22.6 Å². The Morgan fingerprint density at radius 1 is 1.16 bits per heavy atom. The molecule has 2 aliphatic carbocycles. The number of carbonyl (C=O) groups excluding carboxylic acids is 1. The Hall–Kier alpha value is -3.22. The minimum atomic E-state index is 0.223. The van der Waals surface area contributed by atoms with Crippen molar-refractivity contribution in [2.45, 2.75) is 39.2 Å². The number of carbonyl (C=O) groups is 1. The van der Waals surface area contributed by atoms with Gasteiger partial charge in [-0.2, -0.15) is 0 Å². The summed E-state index contributed by atoms with van der Waals surface area (Å²) in [6.07, 6.45) is 6.78. The van der Waals surface area contributed by atoms with Crippen molar-refractivity contribution in [1.82, 2.24) is 20.4 Å². The van der Waals surface area contributed by atoms with Crippen LogP contribution in [-0.2, 0) is 11.3 Å². The molecule has 2 aliphatic rings. The molecule has 2 aromatic heterocycles. The van der Waals surface area contributed by atoms with E-state index in [0.717, 1.165) is 28.1 Å². The van der Waals surface area contributed by atoms with Gasteiger partial charge in [-0.25, -0.2) is 9.97 Å². The molecule has 1 N–H and O–H groups in total. The maximum absolute atomic E-state index is 12.6. The normalized spacial score (nSPS) is 21.7. The Kier molecular flexibility index (Phi) is 5.41. The maximum atomic E-state index is 12.6. The van der Waals surface area contributed by atoms with E-state index in [1.54, 1.807) is 6.20 Å². The van der Waals surface area contributed by atoms with Crippen molar-refractivity contribution >= 4 is 11.9 Å². The number of hydrogen-bond donors (Lipinski definition) is 1.